The molecule has 0 aromatic heterocycles. The number of carbonyl (C=O) groups excluding carboxylic acids is 2. The zero-order valence-electron chi connectivity index (χ0n) is 9.87. The average molecular weight is 268 g/mol. The summed E-state index contributed by atoms with van der Waals surface area (Å²) in [5, 5.41) is 0. The number of nitrogens with two attached hydrogens (primary N) is 1. The van der Waals surface area contributed by atoms with Gasteiger partial charge < -0.3 is 15.4 Å². The third-order valence-corrected chi connectivity index (χ3v) is 2.43. The van der Waals surface area contributed by atoms with Crippen molar-refractivity contribution in [3.63, 3.8) is 0 Å². The molecule has 1 fully saturated rings. The van der Waals surface area contributed by atoms with Gasteiger partial charge in [0.25, 0.3) is 5.91 Å². The van der Waals surface area contributed by atoms with Crippen molar-refractivity contribution in [2.45, 2.75) is 38.0 Å². The Labute approximate surface area is 102 Å². The van der Waals surface area contributed by atoms with Gasteiger partial charge in [0.2, 0.25) is 0 Å². The molecule has 0 aromatic rings. The van der Waals surface area contributed by atoms with Gasteiger partial charge in [-0.3, -0.25) is 4.79 Å². The number of hydrogen-bond acceptors (Lipinski definition) is 4. The second kappa shape index (κ2) is 5.55. The van der Waals surface area contributed by atoms with Crippen LogP contribution in [0.1, 0.15) is 19.8 Å². The zero-order chi connectivity index (χ0) is 13.9. The van der Waals surface area contributed by atoms with Crippen LogP contribution in [0.25, 0.3) is 0 Å². The van der Waals surface area contributed by atoms with E-state index in [1.165, 1.54) is 6.92 Å². The lowest BCUT2D eigenvalue weighted by molar-refractivity contribution is -0.167. The standard InChI is InChI=1S/C10H15F3N2O3/c1-2-18-9(17)7(14)8(16)15(6-3-4-6)5-10(11,12)13/h6-7H,2-5,14H2,1H3. The van der Waals surface area contributed by atoms with E-state index in [9.17, 15) is 22.8 Å². The van der Waals surface area contributed by atoms with E-state index in [1.807, 2.05) is 0 Å². The van der Waals surface area contributed by atoms with E-state index in [0.29, 0.717) is 17.7 Å². The first-order chi connectivity index (χ1) is 8.26. The topological polar surface area (TPSA) is 72.6 Å². The predicted octanol–water partition coefficient (Wildman–Crippen LogP) is 0.430. The summed E-state index contributed by atoms with van der Waals surface area (Å²) in [4.78, 5) is 23.6. The summed E-state index contributed by atoms with van der Waals surface area (Å²) >= 11 is 0. The molecule has 18 heavy (non-hydrogen) atoms. The Morgan fingerprint density at radius 3 is 2.39 bits per heavy atom. The normalized spacial score (nSPS) is 17.2. The fourth-order valence-electron chi connectivity index (χ4n) is 1.48. The van der Waals surface area contributed by atoms with Gasteiger partial charge in [-0.25, -0.2) is 4.79 Å². The second-order valence-electron chi connectivity index (χ2n) is 4.04. The van der Waals surface area contributed by atoms with Crippen LogP contribution in [0.4, 0.5) is 13.2 Å². The number of carbonyl (C=O) groups is 2. The number of nitrogens with zero attached hydrogens (tertiary/aromatic N) is 1. The summed E-state index contributed by atoms with van der Waals surface area (Å²) in [5.41, 5.74) is 5.30. The highest BCUT2D eigenvalue weighted by Crippen LogP contribution is 2.30. The van der Waals surface area contributed by atoms with Gasteiger partial charge in [-0.05, 0) is 19.8 Å². The van der Waals surface area contributed by atoms with Gasteiger partial charge in [-0.15, -0.1) is 0 Å². The predicted molar refractivity (Wildman–Crippen MR) is 55.4 cm³/mol. The summed E-state index contributed by atoms with van der Waals surface area (Å²) in [6.07, 6.45) is -3.51. The van der Waals surface area contributed by atoms with Crippen molar-refractivity contribution in [1.82, 2.24) is 4.90 Å². The van der Waals surface area contributed by atoms with Crippen LogP contribution in [-0.4, -0.2) is 48.2 Å². The van der Waals surface area contributed by atoms with Gasteiger partial charge in [0.05, 0.1) is 6.61 Å². The molecule has 0 heterocycles. The van der Waals surface area contributed by atoms with Gasteiger partial charge in [0.15, 0.2) is 6.04 Å². The largest absolute Gasteiger partial charge is 0.464 e. The minimum absolute atomic E-state index is 0.0164. The SMILES string of the molecule is CCOC(=O)C(N)C(=O)N(CC(F)(F)F)C1CC1. The highest BCUT2D eigenvalue weighted by Gasteiger charge is 2.43. The molecule has 2 N–H and O–H groups in total. The molecule has 1 saturated carbocycles. The van der Waals surface area contributed by atoms with Gasteiger partial charge in [-0.2, -0.15) is 13.2 Å². The van der Waals surface area contributed by atoms with Crippen LogP contribution in [0.5, 0.6) is 0 Å². The molecule has 1 aliphatic rings. The Bertz CT molecular complexity index is 329. The number of halogens is 3. The molecular weight excluding hydrogens is 253 g/mol. The molecular formula is C10H15F3N2O3. The molecule has 0 spiro atoms. The van der Waals surface area contributed by atoms with Gasteiger partial charge in [-0.1, -0.05) is 0 Å². The average Bonchev–Trinajstić information content (AvgIpc) is 3.06. The molecule has 0 aromatic carbocycles. The second-order valence-corrected chi connectivity index (χ2v) is 4.04. The lowest BCUT2D eigenvalue weighted by atomic mass is 10.2. The van der Waals surface area contributed by atoms with E-state index in [4.69, 9.17) is 5.73 Å². The summed E-state index contributed by atoms with van der Waals surface area (Å²) in [7, 11) is 0. The monoisotopic (exact) mass is 268 g/mol. The minimum Gasteiger partial charge on any atom is -0.464 e. The molecule has 104 valence electrons. The maximum absolute atomic E-state index is 12.3. The quantitative estimate of drug-likeness (QED) is 0.579. The third-order valence-electron chi connectivity index (χ3n) is 2.43. The Morgan fingerprint density at radius 2 is 2.00 bits per heavy atom. The van der Waals surface area contributed by atoms with Gasteiger partial charge >= 0.3 is 12.1 Å². The fraction of sp³-hybridized carbons (Fsp3) is 0.800. The smallest absolute Gasteiger partial charge is 0.406 e. The Hall–Kier alpha value is -1.31. The molecule has 1 rings (SSSR count). The molecule has 1 unspecified atom stereocenters. The maximum atomic E-state index is 12.3. The van der Waals surface area contributed by atoms with Crippen molar-refractivity contribution in [3.8, 4) is 0 Å². The third kappa shape index (κ3) is 4.17. The number of rotatable bonds is 5. The first-order valence-electron chi connectivity index (χ1n) is 5.55. The van der Waals surface area contributed by atoms with Crippen molar-refractivity contribution < 1.29 is 27.5 Å². The number of esters is 1. The van der Waals surface area contributed by atoms with E-state index in [0.717, 1.165) is 0 Å². The molecule has 0 aliphatic heterocycles. The van der Waals surface area contributed by atoms with Crippen LogP contribution >= 0.6 is 0 Å². The highest BCUT2D eigenvalue weighted by atomic mass is 19.4. The van der Waals surface area contributed by atoms with Crippen molar-refractivity contribution in [2.75, 3.05) is 13.2 Å². The van der Waals surface area contributed by atoms with Crippen LogP contribution < -0.4 is 5.73 Å². The van der Waals surface area contributed by atoms with E-state index in [2.05, 4.69) is 4.74 Å². The van der Waals surface area contributed by atoms with Crippen LogP contribution in [0.15, 0.2) is 0 Å². The first kappa shape index (κ1) is 14.7. The highest BCUT2D eigenvalue weighted by molar-refractivity contribution is 6.01. The van der Waals surface area contributed by atoms with E-state index in [1.54, 1.807) is 0 Å². The molecule has 1 aliphatic carbocycles. The number of alkyl halides is 3. The molecule has 1 amide bonds. The summed E-state index contributed by atoms with van der Waals surface area (Å²) in [6, 6.07) is -2.16. The van der Waals surface area contributed by atoms with Crippen molar-refractivity contribution in [3.05, 3.63) is 0 Å². The number of hydrogen-bond donors (Lipinski definition) is 1. The Kier molecular flexibility index (Phi) is 4.55. The number of ether oxygens (including phenoxy) is 1. The lowest BCUT2D eigenvalue weighted by Gasteiger charge is -2.25. The van der Waals surface area contributed by atoms with E-state index >= 15 is 0 Å². The van der Waals surface area contributed by atoms with Crippen LogP contribution in [0.2, 0.25) is 0 Å². The zero-order valence-corrected chi connectivity index (χ0v) is 9.87. The summed E-state index contributed by atoms with van der Waals surface area (Å²) in [6.45, 7) is 0.148. The molecule has 5 nitrogen and oxygen atoms in total. The molecule has 0 radical (unpaired) electrons. The number of amides is 1. The Morgan fingerprint density at radius 1 is 1.44 bits per heavy atom. The van der Waals surface area contributed by atoms with Crippen molar-refractivity contribution in [2.24, 2.45) is 5.73 Å². The van der Waals surface area contributed by atoms with Crippen LogP contribution in [0, 0.1) is 0 Å². The summed E-state index contributed by atoms with van der Waals surface area (Å²) in [5.74, 6) is -2.04. The van der Waals surface area contributed by atoms with Crippen LogP contribution in [0.3, 0.4) is 0 Å². The molecule has 8 heteroatoms. The fourth-order valence-corrected chi connectivity index (χ4v) is 1.48. The minimum atomic E-state index is -4.51. The van der Waals surface area contributed by atoms with Crippen LogP contribution in [-0.2, 0) is 14.3 Å². The van der Waals surface area contributed by atoms with E-state index < -0.39 is 36.7 Å². The van der Waals surface area contributed by atoms with Crippen molar-refractivity contribution >= 4 is 11.9 Å². The summed E-state index contributed by atoms with van der Waals surface area (Å²) < 4.78 is 41.5. The molecule has 0 saturated heterocycles. The van der Waals surface area contributed by atoms with Gasteiger partial charge in [0, 0.05) is 6.04 Å². The Balaban J connectivity index is 2.68. The van der Waals surface area contributed by atoms with Crippen molar-refractivity contribution in [1.29, 1.82) is 0 Å². The maximum Gasteiger partial charge on any atom is 0.406 e. The molecule has 1 atom stereocenters. The van der Waals surface area contributed by atoms with Gasteiger partial charge in [0.1, 0.15) is 6.54 Å². The lowest BCUT2D eigenvalue weighted by Crippen LogP contribution is -2.52. The molecule has 0 bridgehead atoms. The van der Waals surface area contributed by atoms with E-state index in [-0.39, 0.29) is 6.61 Å². The first-order valence-corrected chi connectivity index (χ1v) is 5.55.